The zero-order chi connectivity index (χ0) is 16.2. The largest absolute Gasteiger partial charge is 0.387 e. The lowest BCUT2D eigenvalue weighted by Crippen LogP contribution is -2.36. The monoisotopic (exact) mass is 327 g/mol. The standard InChI is InChI=1S/C18H21N3OS/c1-13-12-23-18(20-13)16-6-8-21(9-7-16)11-17(22)15-4-2-14(10-19)3-5-15/h2-5,12,16-17,22H,6-9,11H2,1H3. The molecular weight excluding hydrogens is 306 g/mol. The van der Waals surface area contributed by atoms with E-state index in [1.807, 2.05) is 19.1 Å². The predicted molar refractivity (Wildman–Crippen MR) is 91.4 cm³/mol. The molecule has 0 saturated carbocycles. The molecule has 0 spiro atoms. The third kappa shape index (κ3) is 3.97. The number of rotatable bonds is 4. The Balaban J connectivity index is 1.52. The minimum Gasteiger partial charge on any atom is -0.387 e. The highest BCUT2D eigenvalue weighted by Gasteiger charge is 2.24. The average Bonchev–Trinajstić information content (AvgIpc) is 3.02. The van der Waals surface area contributed by atoms with Gasteiger partial charge in [-0.05, 0) is 50.6 Å². The van der Waals surface area contributed by atoms with Crippen molar-refractivity contribution in [3.05, 3.63) is 51.5 Å². The van der Waals surface area contributed by atoms with Gasteiger partial charge >= 0.3 is 0 Å². The van der Waals surface area contributed by atoms with Crippen molar-refractivity contribution in [3.8, 4) is 6.07 Å². The van der Waals surface area contributed by atoms with Gasteiger partial charge in [0.05, 0.1) is 22.7 Å². The van der Waals surface area contributed by atoms with Crippen LogP contribution in [0.15, 0.2) is 29.6 Å². The van der Waals surface area contributed by atoms with E-state index in [1.54, 1.807) is 23.5 Å². The van der Waals surface area contributed by atoms with Gasteiger partial charge in [-0.2, -0.15) is 5.26 Å². The summed E-state index contributed by atoms with van der Waals surface area (Å²) in [7, 11) is 0. The van der Waals surface area contributed by atoms with Gasteiger partial charge in [-0.25, -0.2) is 4.98 Å². The fourth-order valence-electron chi connectivity index (χ4n) is 3.05. The minimum absolute atomic E-state index is 0.499. The van der Waals surface area contributed by atoms with E-state index in [-0.39, 0.29) is 0 Å². The number of aryl methyl sites for hydroxylation is 1. The summed E-state index contributed by atoms with van der Waals surface area (Å²) in [5, 5.41) is 22.6. The number of β-amino-alcohol motifs (C(OH)–C–C–N with tert-alkyl or cyclic N) is 1. The maximum atomic E-state index is 10.4. The molecule has 1 saturated heterocycles. The van der Waals surface area contributed by atoms with Gasteiger partial charge in [0.1, 0.15) is 0 Å². The van der Waals surface area contributed by atoms with Gasteiger partial charge in [-0.15, -0.1) is 11.3 Å². The molecule has 0 aliphatic carbocycles. The second-order valence-electron chi connectivity index (χ2n) is 6.15. The highest BCUT2D eigenvalue weighted by atomic mass is 32.1. The Morgan fingerprint density at radius 1 is 1.35 bits per heavy atom. The van der Waals surface area contributed by atoms with Crippen LogP contribution in [0, 0.1) is 18.3 Å². The summed E-state index contributed by atoms with van der Waals surface area (Å²) in [6, 6.07) is 9.30. The molecule has 1 aliphatic rings. The number of nitrogens with zero attached hydrogens (tertiary/aromatic N) is 3. The van der Waals surface area contributed by atoms with Gasteiger partial charge in [-0.1, -0.05) is 12.1 Å². The number of thiazole rings is 1. The summed E-state index contributed by atoms with van der Waals surface area (Å²) in [5.41, 5.74) is 2.62. The van der Waals surface area contributed by atoms with Crippen LogP contribution in [-0.2, 0) is 0 Å². The molecule has 2 aromatic rings. The SMILES string of the molecule is Cc1csc(C2CCN(CC(O)c3ccc(C#N)cc3)CC2)n1. The maximum Gasteiger partial charge on any atom is 0.0991 e. The first-order chi connectivity index (χ1) is 11.2. The fraction of sp³-hybridized carbons (Fsp3) is 0.444. The van der Waals surface area contributed by atoms with Crippen LogP contribution in [0.1, 0.15) is 46.7 Å². The number of nitriles is 1. The maximum absolute atomic E-state index is 10.4. The van der Waals surface area contributed by atoms with Crippen LogP contribution in [0.2, 0.25) is 0 Å². The Kier molecular flexibility index (Phi) is 5.06. The number of hydrogen-bond donors (Lipinski definition) is 1. The smallest absolute Gasteiger partial charge is 0.0991 e. The molecule has 1 aromatic carbocycles. The van der Waals surface area contributed by atoms with Gasteiger partial charge in [0, 0.05) is 23.5 Å². The number of aromatic nitrogens is 1. The van der Waals surface area contributed by atoms with E-state index in [2.05, 4.69) is 21.3 Å². The molecule has 3 rings (SSSR count). The van der Waals surface area contributed by atoms with Crippen molar-refractivity contribution in [1.29, 1.82) is 5.26 Å². The van der Waals surface area contributed by atoms with Crippen LogP contribution in [0.4, 0.5) is 0 Å². The molecular formula is C18H21N3OS. The van der Waals surface area contributed by atoms with Crippen LogP contribution >= 0.6 is 11.3 Å². The van der Waals surface area contributed by atoms with Crippen LogP contribution in [-0.4, -0.2) is 34.6 Å². The quantitative estimate of drug-likeness (QED) is 0.936. The van der Waals surface area contributed by atoms with Crippen molar-refractivity contribution in [3.63, 3.8) is 0 Å². The summed E-state index contributed by atoms with van der Waals surface area (Å²) in [5.74, 6) is 0.567. The summed E-state index contributed by atoms with van der Waals surface area (Å²) in [6.45, 7) is 4.69. The minimum atomic E-state index is -0.499. The molecule has 5 heteroatoms. The van der Waals surface area contributed by atoms with Crippen LogP contribution in [0.5, 0.6) is 0 Å². The van der Waals surface area contributed by atoms with Crippen molar-refractivity contribution < 1.29 is 5.11 Å². The van der Waals surface area contributed by atoms with Crippen molar-refractivity contribution in [2.24, 2.45) is 0 Å². The third-order valence-electron chi connectivity index (χ3n) is 4.43. The first-order valence-electron chi connectivity index (χ1n) is 7.98. The second kappa shape index (κ2) is 7.22. The molecule has 1 aliphatic heterocycles. The molecule has 1 aromatic heterocycles. The first-order valence-corrected chi connectivity index (χ1v) is 8.86. The number of hydrogen-bond acceptors (Lipinski definition) is 5. The zero-order valence-corrected chi connectivity index (χ0v) is 14.1. The van der Waals surface area contributed by atoms with E-state index in [9.17, 15) is 5.11 Å². The number of piperidine rings is 1. The Morgan fingerprint density at radius 3 is 2.61 bits per heavy atom. The molecule has 1 N–H and O–H groups in total. The van der Waals surface area contributed by atoms with Gasteiger partial charge in [0.25, 0.3) is 0 Å². The highest BCUT2D eigenvalue weighted by molar-refractivity contribution is 7.09. The highest BCUT2D eigenvalue weighted by Crippen LogP contribution is 2.30. The molecule has 0 bridgehead atoms. The van der Waals surface area contributed by atoms with Gasteiger partial charge < -0.3 is 10.0 Å². The molecule has 1 atom stereocenters. The second-order valence-corrected chi connectivity index (χ2v) is 7.04. The van der Waals surface area contributed by atoms with E-state index in [0.717, 1.165) is 37.2 Å². The number of likely N-dealkylation sites (tertiary alicyclic amines) is 1. The molecule has 0 amide bonds. The Morgan fingerprint density at radius 2 is 2.04 bits per heavy atom. The van der Waals surface area contributed by atoms with Gasteiger partial charge in [0.15, 0.2) is 0 Å². The average molecular weight is 327 g/mol. The Hall–Kier alpha value is -1.74. The fourth-order valence-corrected chi connectivity index (χ4v) is 4.02. The van der Waals surface area contributed by atoms with Crippen molar-refractivity contribution in [2.45, 2.75) is 31.8 Å². The van der Waals surface area contributed by atoms with E-state index in [0.29, 0.717) is 18.0 Å². The summed E-state index contributed by atoms with van der Waals surface area (Å²) in [4.78, 5) is 6.93. The zero-order valence-electron chi connectivity index (χ0n) is 13.3. The number of benzene rings is 1. The van der Waals surface area contributed by atoms with Crippen molar-refractivity contribution >= 4 is 11.3 Å². The first kappa shape index (κ1) is 16.1. The van der Waals surface area contributed by atoms with Crippen LogP contribution in [0.3, 0.4) is 0 Å². The lowest BCUT2D eigenvalue weighted by atomic mass is 9.97. The Bertz CT molecular complexity index is 681. The molecule has 0 radical (unpaired) electrons. The van der Waals surface area contributed by atoms with Crippen molar-refractivity contribution in [2.75, 3.05) is 19.6 Å². The Labute approximate surface area is 141 Å². The van der Waals surface area contributed by atoms with Gasteiger partial charge in [-0.3, -0.25) is 0 Å². The van der Waals surface area contributed by atoms with E-state index < -0.39 is 6.10 Å². The molecule has 2 heterocycles. The third-order valence-corrected chi connectivity index (χ3v) is 5.55. The van der Waals surface area contributed by atoms with Crippen LogP contribution in [0.25, 0.3) is 0 Å². The molecule has 4 nitrogen and oxygen atoms in total. The molecule has 120 valence electrons. The lowest BCUT2D eigenvalue weighted by molar-refractivity contribution is 0.0972. The topological polar surface area (TPSA) is 60.1 Å². The molecule has 1 unspecified atom stereocenters. The van der Waals surface area contributed by atoms with E-state index in [1.165, 1.54) is 5.01 Å². The van der Waals surface area contributed by atoms with E-state index >= 15 is 0 Å². The number of aliphatic hydroxyl groups excluding tert-OH is 1. The van der Waals surface area contributed by atoms with Crippen molar-refractivity contribution in [1.82, 2.24) is 9.88 Å². The lowest BCUT2D eigenvalue weighted by Gasteiger charge is -2.32. The summed E-state index contributed by atoms with van der Waals surface area (Å²) in [6.07, 6.45) is 1.71. The molecule has 23 heavy (non-hydrogen) atoms. The predicted octanol–water partition coefficient (Wildman–Crippen LogP) is 3.24. The normalized spacial score (nSPS) is 17.8. The molecule has 1 fully saturated rings. The summed E-state index contributed by atoms with van der Waals surface area (Å²) < 4.78 is 0. The van der Waals surface area contributed by atoms with Crippen LogP contribution < -0.4 is 0 Å². The summed E-state index contributed by atoms with van der Waals surface area (Å²) >= 11 is 1.77. The number of aliphatic hydroxyl groups is 1. The van der Waals surface area contributed by atoms with Gasteiger partial charge in [0.2, 0.25) is 0 Å². The van der Waals surface area contributed by atoms with E-state index in [4.69, 9.17) is 5.26 Å².